The number of rotatable bonds is 3. The van der Waals surface area contributed by atoms with Gasteiger partial charge in [0.25, 0.3) is 5.91 Å². The van der Waals surface area contributed by atoms with Gasteiger partial charge >= 0.3 is 0 Å². The van der Waals surface area contributed by atoms with Crippen LogP contribution in [0.4, 0.5) is 5.69 Å². The Morgan fingerprint density at radius 2 is 1.95 bits per heavy atom. The van der Waals surface area contributed by atoms with Crippen LogP contribution in [-0.4, -0.2) is 5.91 Å². The minimum Gasteiger partial charge on any atom is -0.399 e. The molecule has 0 radical (unpaired) electrons. The van der Waals surface area contributed by atoms with E-state index < -0.39 is 0 Å². The van der Waals surface area contributed by atoms with Crippen LogP contribution in [0.5, 0.6) is 0 Å². The van der Waals surface area contributed by atoms with Crippen molar-refractivity contribution in [3.8, 4) is 0 Å². The van der Waals surface area contributed by atoms with E-state index in [0.717, 1.165) is 5.56 Å². The van der Waals surface area contributed by atoms with Crippen LogP contribution in [-0.2, 0) is 0 Å². The summed E-state index contributed by atoms with van der Waals surface area (Å²) in [4.78, 5) is 12.2. The van der Waals surface area contributed by atoms with Gasteiger partial charge in [-0.3, -0.25) is 4.79 Å². The summed E-state index contributed by atoms with van der Waals surface area (Å²) >= 11 is 11.8. The van der Waals surface area contributed by atoms with E-state index >= 15 is 0 Å². The smallest absolute Gasteiger partial charge is 0.253 e. The van der Waals surface area contributed by atoms with Gasteiger partial charge in [0.1, 0.15) is 0 Å². The van der Waals surface area contributed by atoms with Crippen LogP contribution in [0, 0.1) is 0 Å². The fourth-order valence-corrected chi connectivity index (χ4v) is 2.35. The predicted octanol–water partition coefficient (Wildman–Crippen LogP) is 4.07. The van der Waals surface area contributed by atoms with Gasteiger partial charge in [-0.05, 0) is 42.8 Å². The van der Waals surface area contributed by atoms with Crippen molar-refractivity contribution in [1.29, 1.82) is 0 Å². The largest absolute Gasteiger partial charge is 0.399 e. The van der Waals surface area contributed by atoms with E-state index in [4.69, 9.17) is 28.9 Å². The fourth-order valence-electron chi connectivity index (χ4n) is 1.86. The van der Waals surface area contributed by atoms with Gasteiger partial charge in [0.2, 0.25) is 0 Å². The molecule has 3 N–H and O–H groups in total. The van der Waals surface area contributed by atoms with E-state index in [1.807, 2.05) is 25.1 Å². The normalized spacial score (nSPS) is 11.9. The minimum absolute atomic E-state index is 0.169. The molecule has 2 aromatic rings. The lowest BCUT2D eigenvalue weighted by Crippen LogP contribution is -2.26. The van der Waals surface area contributed by atoms with Gasteiger partial charge in [-0.25, -0.2) is 0 Å². The standard InChI is InChI=1S/C15H14Cl2N2O/c1-9(10-3-2-4-12(18)7-10)19-15(20)13-6-5-11(16)8-14(13)17/h2-9H,18H2,1H3,(H,19,20). The summed E-state index contributed by atoms with van der Waals surface area (Å²) < 4.78 is 0. The average Bonchev–Trinajstić information content (AvgIpc) is 2.38. The molecule has 20 heavy (non-hydrogen) atoms. The lowest BCUT2D eigenvalue weighted by molar-refractivity contribution is 0.0940. The van der Waals surface area contributed by atoms with Crippen molar-refractivity contribution in [2.75, 3.05) is 5.73 Å². The van der Waals surface area contributed by atoms with Crippen molar-refractivity contribution in [1.82, 2.24) is 5.32 Å². The molecule has 0 aromatic heterocycles. The lowest BCUT2D eigenvalue weighted by atomic mass is 10.1. The Kier molecular flexibility index (Phi) is 4.53. The van der Waals surface area contributed by atoms with E-state index in [0.29, 0.717) is 21.3 Å². The van der Waals surface area contributed by atoms with Crippen molar-refractivity contribution in [2.45, 2.75) is 13.0 Å². The van der Waals surface area contributed by atoms with Crippen molar-refractivity contribution >= 4 is 34.8 Å². The second-order valence-electron chi connectivity index (χ2n) is 4.49. The number of carbonyl (C=O) groups is 1. The monoisotopic (exact) mass is 308 g/mol. The van der Waals surface area contributed by atoms with Gasteiger partial charge in [-0.2, -0.15) is 0 Å². The molecule has 0 saturated heterocycles. The number of anilines is 1. The van der Waals surface area contributed by atoms with E-state index in [2.05, 4.69) is 5.32 Å². The summed E-state index contributed by atoms with van der Waals surface area (Å²) in [6.07, 6.45) is 0. The molecule has 1 atom stereocenters. The Morgan fingerprint density at radius 1 is 1.20 bits per heavy atom. The van der Waals surface area contributed by atoms with Gasteiger partial charge < -0.3 is 11.1 Å². The molecule has 1 unspecified atom stereocenters. The Bertz CT molecular complexity index is 644. The quantitative estimate of drug-likeness (QED) is 0.840. The highest BCUT2D eigenvalue weighted by Crippen LogP contribution is 2.22. The average molecular weight is 309 g/mol. The summed E-state index contributed by atoms with van der Waals surface area (Å²) in [5.41, 5.74) is 7.72. The van der Waals surface area contributed by atoms with Gasteiger partial charge in [-0.15, -0.1) is 0 Å². The minimum atomic E-state index is -0.249. The first kappa shape index (κ1) is 14.7. The maximum atomic E-state index is 12.2. The van der Waals surface area contributed by atoms with E-state index in [9.17, 15) is 4.79 Å². The van der Waals surface area contributed by atoms with Gasteiger partial charge in [0, 0.05) is 10.7 Å². The molecular formula is C15H14Cl2N2O. The van der Waals surface area contributed by atoms with E-state index in [1.54, 1.807) is 24.3 Å². The van der Waals surface area contributed by atoms with Crippen molar-refractivity contribution in [3.05, 3.63) is 63.6 Å². The second kappa shape index (κ2) is 6.16. The number of amides is 1. The van der Waals surface area contributed by atoms with Crippen LogP contribution in [0.2, 0.25) is 10.0 Å². The molecular weight excluding hydrogens is 295 g/mol. The highest BCUT2D eigenvalue weighted by atomic mass is 35.5. The lowest BCUT2D eigenvalue weighted by Gasteiger charge is -2.15. The molecule has 2 aromatic carbocycles. The first-order valence-electron chi connectivity index (χ1n) is 6.08. The summed E-state index contributed by atoms with van der Waals surface area (Å²) in [5, 5.41) is 3.70. The summed E-state index contributed by atoms with van der Waals surface area (Å²) in [7, 11) is 0. The number of hydrogen-bond donors (Lipinski definition) is 2. The number of carbonyl (C=O) groups excluding carboxylic acids is 1. The molecule has 0 aliphatic carbocycles. The Labute approximate surface area is 127 Å². The van der Waals surface area contributed by atoms with E-state index in [1.165, 1.54) is 0 Å². The molecule has 104 valence electrons. The first-order chi connectivity index (χ1) is 9.47. The Morgan fingerprint density at radius 3 is 2.60 bits per heavy atom. The van der Waals surface area contributed by atoms with Crippen molar-refractivity contribution in [2.24, 2.45) is 0 Å². The van der Waals surface area contributed by atoms with Crippen molar-refractivity contribution in [3.63, 3.8) is 0 Å². The summed E-state index contributed by atoms with van der Waals surface area (Å²) in [6.45, 7) is 1.89. The zero-order valence-electron chi connectivity index (χ0n) is 10.9. The van der Waals surface area contributed by atoms with Gasteiger partial charge in [0.05, 0.1) is 16.6 Å². The van der Waals surface area contributed by atoms with Crippen LogP contribution < -0.4 is 11.1 Å². The SMILES string of the molecule is CC(NC(=O)c1ccc(Cl)cc1Cl)c1cccc(N)c1. The first-order valence-corrected chi connectivity index (χ1v) is 6.84. The molecule has 0 saturated carbocycles. The molecule has 3 nitrogen and oxygen atoms in total. The topological polar surface area (TPSA) is 55.1 Å². The van der Waals surface area contributed by atoms with E-state index in [-0.39, 0.29) is 11.9 Å². The second-order valence-corrected chi connectivity index (χ2v) is 5.33. The summed E-state index contributed by atoms with van der Waals surface area (Å²) in [5.74, 6) is -0.249. The number of nitrogens with one attached hydrogen (secondary N) is 1. The van der Waals surface area contributed by atoms with Crippen LogP contribution >= 0.6 is 23.2 Å². The molecule has 0 fully saturated rings. The number of benzene rings is 2. The summed E-state index contributed by atoms with van der Waals surface area (Å²) in [6, 6.07) is 12.0. The highest BCUT2D eigenvalue weighted by Gasteiger charge is 2.14. The fraction of sp³-hybridized carbons (Fsp3) is 0.133. The third-order valence-electron chi connectivity index (χ3n) is 2.93. The maximum absolute atomic E-state index is 12.2. The van der Waals surface area contributed by atoms with Crippen molar-refractivity contribution < 1.29 is 4.79 Å². The number of hydrogen-bond acceptors (Lipinski definition) is 2. The molecule has 1 amide bonds. The van der Waals surface area contributed by atoms with Crippen LogP contribution in [0.3, 0.4) is 0 Å². The number of nitrogen functional groups attached to an aromatic ring is 1. The third kappa shape index (κ3) is 3.44. The maximum Gasteiger partial charge on any atom is 0.253 e. The zero-order chi connectivity index (χ0) is 14.7. The predicted molar refractivity (Wildman–Crippen MR) is 83.2 cm³/mol. The molecule has 5 heteroatoms. The van der Waals surface area contributed by atoms with Crippen LogP contribution in [0.1, 0.15) is 28.9 Å². The molecule has 0 heterocycles. The highest BCUT2D eigenvalue weighted by molar-refractivity contribution is 6.36. The number of halogens is 2. The number of nitrogens with two attached hydrogens (primary N) is 1. The molecule has 0 aliphatic rings. The Balaban J connectivity index is 2.15. The van der Waals surface area contributed by atoms with Crippen LogP contribution in [0.25, 0.3) is 0 Å². The van der Waals surface area contributed by atoms with Gasteiger partial charge in [-0.1, -0.05) is 35.3 Å². The Hall–Kier alpha value is -1.71. The third-order valence-corrected chi connectivity index (χ3v) is 3.48. The molecule has 0 bridgehead atoms. The molecule has 0 spiro atoms. The van der Waals surface area contributed by atoms with Crippen LogP contribution in [0.15, 0.2) is 42.5 Å². The zero-order valence-corrected chi connectivity index (χ0v) is 12.4. The molecule has 0 aliphatic heterocycles. The van der Waals surface area contributed by atoms with Gasteiger partial charge in [0.15, 0.2) is 0 Å². The molecule has 2 rings (SSSR count).